The van der Waals surface area contributed by atoms with Crippen LogP contribution in [0.15, 0.2) is 32.7 Å². The van der Waals surface area contributed by atoms with Crippen LogP contribution in [0.25, 0.3) is 0 Å². The molecular formula is C14H13Cl2N3O3S. The number of hydrogen-bond acceptors (Lipinski definition) is 5. The van der Waals surface area contributed by atoms with Crippen LogP contribution in [-0.4, -0.2) is 20.7 Å². The third-order valence-electron chi connectivity index (χ3n) is 3.24. The minimum Gasteiger partial charge on any atom is -0.384 e. The van der Waals surface area contributed by atoms with Gasteiger partial charge < -0.3 is 5.73 Å². The monoisotopic (exact) mass is 373 g/mol. The van der Waals surface area contributed by atoms with Crippen LogP contribution in [0.5, 0.6) is 0 Å². The Kier molecular flexibility index (Phi) is 5.23. The Labute approximate surface area is 145 Å². The van der Waals surface area contributed by atoms with E-state index in [1.807, 2.05) is 0 Å². The fourth-order valence-corrected chi connectivity index (χ4v) is 3.29. The van der Waals surface area contributed by atoms with Gasteiger partial charge in [-0.2, -0.15) is 0 Å². The number of nitrogens with zero attached hydrogens (tertiary/aromatic N) is 2. The molecule has 1 aromatic carbocycles. The van der Waals surface area contributed by atoms with Crippen LogP contribution in [0.1, 0.15) is 10.4 Å². The SMILES string of the molecule is Cn1c(N)c(C(=O)CSc2cc(Cl)ccc2Cl)c(=O)n(C)c1=O. The van der Waals surface area contributed by atoms with Gasteiger partial charge in [-0.3, -0.25) is 18.7 Å². The number of nitrogens with two attached hydrogens (primary N) is 1. The Morgan fingerprint density at radius 1 is 1.22 bits per heavy atom. The Balaban J connectivity index is 2.34. The van der Waals surface area contributed by atoms with Crippen molar-refractivity contribution in [3.63, 3.8) is 0 Å². The molecule has 6 nitrogen and oxygen atoms in total. The van der Waals surface area contributed by atoms with Gasteiger partial charge in [0.05, 0.1) is 10.8 Å². The molecule has 0 aliphatic rings. The van der Waals surface area contributed by atoms with E-state index in [-0.39, 0.29) is 17.1 Å². The maximum absolute atomic E-state index is 12.4. The molecule has 0 aliphatic carbocycles. The van der Waals surface area contributed by atoms with Crippen LogP contribution in [0.4, 0.5) is 5.82 Å². The van der Waals surface area contributed by atoms with Crippen molar-refractivity contribution in [3.05, 3.63) is 54.6 Å². The Hall–Kier alpha value is -1.70. The number of anilines is 1. The van der Waals surface area contributed by atoms with E-state index in [4.69, 9.17) is 28.9 Å². The molecular weight excluding hydrogens is 361 g/mol. The summed E-state index contributed by atoms with van der Waals surface area (Å²) >= 11 is 13.1. The van der Waals surface area contributed by atoms with Gasteiger partial charge in [-0.1, -0.05) is 23.2 Å². The number of carbonyl (C=O) groups is 1. The third kappa shape index (κ3) is 3.46. The van der Waals surface area contributed by atoms with E-state index in [1.165, 1.54) is 14.1 Å². The molecule has 0 atom stereocenters. The quantitative estimate of drug-likeness (QED) is 0.653. The van der Waals surface area contributed by atoms with Gasteiger partial charge >= 0.3 is 5.69 Å². The standard InChI is InChI=1S/C14H13Cl2N3O3S/c1-18-12(17)11(13(21)19(2)14(18)22)9(20)6-23-10-5-7(15)3-4-8(10)16/h3-5H,6,17H2,1-2H3. The number of nitrogen functional groups attached to an aromatic ring is 1. The van der Waals surface area contributed by atoms with Crippen LogP contribution in [0, 0.1) is 0 Å². The molecule has 0 fully saturated rings. The number of Topliss-reactive ketones (excluding diaryl/α,β-unsaturated/α-hetero) is 1. The number of rotatable bonds is 4. The second-order valence-corrected chi connectivity index (χ2v) is 6.61. The molecule has 0 spiro atoms. The number of ketones is 1. The van der Waals surface area contributed by atoms with Crippen LogP contribution < -0.4 is 17.0 Å². The first-order valence-corrected chi connectivity index (χ1v) is 8.14. The zero-order valence-corrected chi connectivity index (χ0v) is 14.6. The predicted molar refractivity (Wildman–Crippen MR) is 92.9 cm³/mol. The zero-order chi connectivity index (χ0) is 17.3. The molecule has 0 saturated heterocycles. The lowest BCUT2D eigenvalue weighted by Gasteiger charge is -2.11. The van der Waals surface area contributed by atoms with Gasteiger partial charge in [0.1, 0.15) is 11.4 Å². The van der Waals surface area contributed by atoms with E-state index in [1.54, 1.807) is 18.2 Å². The summed E-state index contributed by atoms with van der Waals surface area (Å²) in [4.78, 5) is 36.9. The Morgan fingerprint density at radius 2 is 1.87 bits per heavy atom. The highest BCUT2D eigenvalue weighted by molar-refractivity contribution is 8.00. The van der Waals surface area contributed by atoms with Crippen molar-refractivity contribution in [1.29, 1.82) is 0 Å². The first kappa shape index (κ1) is 17.7. The van der Waals surface area contributed by atoms with E-state index < -0.39 is 17.0 Å². The van der Waals surface area contributed by atoms with Crippen molar-refractivity contribution in [2.24, 2.45) is 14.1 Å². The molecule has 9 heteroatoms. The molecule has 0 unspecified atom stereocenters. The van der Waals surface area contributed by atoms with Gasteiger partial charge in [-0.15, -0.1) is 11.8 Å². The van der Waals surface area contributed by atoms with Crippen molar-refractivity contribution in [2.45, 2.75) is 4.90 Å². The summed E-state index contributed by atoms with van der Waals surface area (Å²) < 4.78 is 1.91. The molecule has 2 N–H and O–H groups in total. The topological polar surface area (TPSA) is 87.1 Å². The van der Waals surface area contributed by atoms with E-state index in [9.17, 15) is 14.4 Å². The lowest BCUT2D eigenvalue weighted by molar-refractivity contribution is 0.102. The number of thioether (sulfide) groups is 1. The predicted octanol–water partition coefficient (Wildman–Crippen LogP) is 1.95. The summed E-state index contributed by atoms with van der Waals surface area (Å²) in [6, 6.07) is 4.89. The minimum absolute atomic E-state index is 0.0578. The van der Waals surface area contributed by atoms with Crippen molar-refractivity contribution in [2.75, 3.05) is 11.5 Å². The summed E-state index contributed by atoms with van der Waals surface area (Å²) in [6.07, 6.45) is 0. The molecule has 2 rings (SSSR count). The Morgan fingerprint density at radius 3 is 2.52 bits per heavy atom. The van der Waals surface area contributed by atoms with Crippen LogP contribution in [0.3, 0.4) is 0 Å². The van der Waals surface area contributed by atoms with Gasteiger partial charge in [0.15, 0.2) is 5.78 Å². The highest BCUT2D eigenvalue weighted by atomic mass is 35.5. The molecule has 0 saturated carbocycles. The summed E-state index contributed by atoms with van der Waals surface area (Å²) in [5.41, 5.74) is 4.24. The van der Waals surface area contributed by atoms with Crippen LogP contribution in [-0.2, 0) is 14.1 Å². The molecule has 0 aliphatic heterocycles. The average Bonchev–Trinajstić information content (AvgIpc) is 2.52. The summed E-state index contributed by atoms with van der Waals surface area (Å²) in [7, 11) is 2.69. The molecule has 23 heavy (non-hydrogen) atoms. The van der Waals surface area contributed by atoms with Crippen LogP contribution >= 0.6 is 35.0 Å². The second-order valence-electron chi connectivity index (χ2n) is 4.75. The summed E-state index contributed by atoms with van der Waals surface area (Å²) in [6.45, 7) is 0. The van der Waals surface area contributed by atoms with E-state index >= 15 is 0 Å². The highest BCUT2D eigenvalue weighted by Crippen LogP contribution is 2.30. The fourth-order valence-electron chi connectivity index (χ4n) is 1.93. The second kappa shape index (κ2) is 6.82. The number of benzene rings is 1. The van der Waals surface area contributed by atoms with Gasteiger partial charge in [-0.25, -0.2) is 4.79 Å². The summed E-state index contributed by atoms with van der Waals surface area (Å²) in [5, 5.41) is 0.940. The number of hydrogen-bond donors (Lipinski definition) is 1. The van der Waals surface area contributed by atoms with Crippen molar-refractivity contribution < 1.29 is 4.79 Å². The van der Waals surface area contributed by atoms with E-state index in [0.717, 1.165) is 20.9 Å². The first-order chi connectivity index (χ1) is 10.7. The smallest absolute Gasteiger partial charge is 0.332 e. The molecule has 0 bridgehead atoms. The first-order valence-electron chi connectivity index (χ1n) is 6.40. The minimum atomic E-state index is -0.714. The maximum Gasteiger partial charge on any atom is 0.332 e. The maximum atomic E-state index is 12.4. The number of aromatic nitrogens is 2. The zero-order valence-electron chi connectivity index (χ0n) is 12.3. The highest BCUT2D eigenvalue weighted by Gasteiger charge is 2.20. The third-order valence-corrected chi connectivity index (χ3v) is 4.97. The van der Waals surface area contributed by atoms with Crippen molar-refractivity contribution in [1.82, 2.24) is 9.13 Å². The number of carbonyl (C=O) groups excluding carboxylic acids is 1. The average molecular weight is 374 g/mol. The van der Waals surface area contributed by atoms with Gasteiger partial charge in [0, 0.05) is 24.0 Å². The lowest BCUT2D eigenvalue weighted by atomic mass is 10.2. The molecule has 1 heterocycles. The van der Waals surface area contributed by atoms with E-state index in [0.29, 0.717) is 14.9 Å². The Bertz CT molecular complexity index is 905. The summed E-state index contributed by atoms with van der Waals surface area (Å²) in [5.74, 6) is -0.696. The van der Waals surface area contributed by atoms with E-state index in [2.05, 4.69) is 0 Å². The molecule has 2 aromatic rings. The van der Waals surface area contributed by atoms with Gasteiger partial charge in [0.25, 0.3) is 5.56 Å². The molecule has 0 amide bonds. The van der Waals surface area contributed by atoms with Crippen LogP contribution in [0.2, 0.25) is 10.0 Å². The van der Waals surface area contributed by atoms with Crippen molar-refractivity contribution in [3.8, 4) is 0 Å². The van der Waals surface area contributed by atoms with Gasteiger partial charge in [0.2, 0.25) is 0 Å². The largest absolute Gasteiger partial charge is 0.384 e. The van der Waals surface area contributed by atoms with Crippen molar-refractivity contribution >= 4 is 46.6 Å². The fraction of sp³-hybridized carbons (Fsp3) is 0.214. The van der Waals surface area contributed by atoms with Gasteiger partial charge in [-0.05, 0) is 18.2 Å². The normalized spacial score (nSPS) is 10.8. The molecule has 122 valence electrons. The lowest BCUT2D eigenvalue weighted by Crippen LogP contribution is -2.41. The number of halogens is 2. The molecule has 1 aromatic heterocycles. The molecule has 0 radical (unpaired) electrons.